The Morgan fingerprint density at radius 2 is 2.18 bits per heavy atom. The summed E-state index contributed by atoms with van der Waals surface area (Å²) < 4.78 is 0. The molecule has 0 aliphatic rings. The molecule has 1 unspecified atom stereocenters. The Balaban J connectivity index is 2.16. The Hall–Kier alpha value is -1.66. The lowest BCUT2D eigenvalue weighted by atomic mass is 10.2. The summed E-state index contributed by atoms with van der Waals surface area (Å²) in [6.45, 7) is 1.68. The van der Waals surface area contributed by atoms with Gasteiger partial charge in [-0.3, -0.25) is 4.79 Å². The van der Waals surface area contributed by atoms with Crippen LogP contribution in [0.1, 0.15) is 18.6 Å². The Kier molecular flexibility index (Phi) is 3.55. The molecule has 2 heterocycles. The van der Waals surface area contributed by atoms with Crippen molar-refractivity contribution >= 4 is 11.8 Å². The molecule has 2 N–H and O–H groups in total. The quantitative estimate of drug-likeness (QED) is 0.803. The van der Waals surface area contributed by atoms with Crippen molar-refractivity contribution < 1.29 is 5.11 Å². The standard InChI is InChI=1S/C11H11N3O2S/c1-7(15)8-2-3-10(13-6-8)17-11-12-5-4-9(16)14-11/h2-7,15H,1H3,(H,12,14,16). The Morgan fingerprint density at radius 1 is 1.35 bits per heavy atom. The first-order valence-corrected chi connectivity index (χ1v) is 5.84. The summed E-state index contributed by atoms with van der Waals surface area (Å²) in [5, 5.41) is 10.5. The van der Waals surface area contributed by atoms with Crippen molar-refractivity contribution in [2.75, 3.05) is 0 Å². The van der Waals surface area contributed by atoms with Crippen LogP contribution in [-0.2, 0) is 0 Å². The van der Waals surface area contributed by atoms with Crippen molar-refractivity contribution in [2.45, 2.75) is 23.2 Å². The van der Waals surface area contributed by atoms with Crippen LogP contribution >= 0.6 is 11.8 Å². The van der Waals surface area contributed by atoms with Gasteiger partial charge in [-0.2, -0.15) is 0 Å². The molecular formula is C11H11N3O2S. The maximum atomic E-state index is 11.1. The molecule has 88 valence electrons. The average molecular weight is 249 g/mol. The smallest absolute Gasteiger partial charge is 0.251 e. The normalized spacial score (nSPS) is 12.4. The van der Waals surface area contributed by atoms with Crippen LogP contribution in [0.15, 0.2) is 45.6 Å². The number of nitrogens with one attached hydrogen (secondary N) is 1. The molecule has 0 bridgehead atoms. The number of aliphatic hydroxyl groups excluding tert-OH is 1. The third-order valence-electron chi connectivity index (χ3n) is 2.09. The minimum Gasteiger partial charge on any atom is -0.389 e. The van der Waals surface area contributed by atoms with Gasteiger partial charge in [-0.15, -0.1) is 0 Å². The highest BCUT2D eigenvalue weighted by atomic mass is 32.2. The van der Waals surface area contributed by atoms with E-state index >= 15 is 0 Å². The second-order valence-corrected chi connectivity index (χ2v) is 4.46. The van der Waals surface area contributed by atoms with Crippen LogP contribution < -0.4 is 5.56 Å². The number of aliphatic hydroxyl groups is 1. The number of aromatic amines is 1. The molecule has 2 aromatic rings. The van der Waals surface area contributed by atoms with Gasteiger partial charge < -0.3 is 10.1 Å². The molecule has 6 heteroatoms. The third-order valence-corrected chi connectivity index (χ3v) is 2.94. The number of H-pyrrole nitrogens is 1. The zero-order valence-electron chi connectivity index (χ0n) is 9.12. The lowest BCUT2D eigenvalue weighted by Gasteiger charge is -2.04. The number of pyridine rings is 1. The first-order chi connectivity index (χ1) is 8.15. The molecule has 5 nitrogen and oxygen atoms in total. The largest absolute Gasteiger partial charge is 0.389 e. The molecule has 0 saturated carbocycles. The summed E-state index contributed by atoms with van der Waals surface area (Å²) in [4.78, 5) is 21.8. The number of aromatic nitrogens is 3. The molecule has 1 atom stereocenters. The fraction of sp³-hybridized carbons (Fsp3) is 0.182. The molecule has 2 rings (SSSR count). The summed E-state index contributed by atoms with van der Waals surface area (Å²) in [5.41, 5.74) is 0.562. The van der Waals surface area contributed by atoms with Gasteiger partial charge in [0, 0.05) is 18.5 Å². The maximum Gasteiger partial charge on any atom is 0.251 e. The summed E-state index contributed by atoms with van der Waals surface area (Å²) in [7, 11) is 0. The molecule has 0 amide bonds. The van der Waals surface area contributed by atoms with Crippen LogP contribution in [0.5, 0.6) is 0 Å². The number of hydrogen-bond donors (Lipinski definition) is 2. The van der Waals surface area contributed by atoms with E-state index in [1.165, 1.54) is 24.0 Å². The molecule has 17 heavy (non-hydrogen) atoms. The van der Waals surface area contributed by atoms with E-state index in [0.717, 1.165) is 5.56 Å². The lowest BCUT2D eigenvalue weighted by Crippen LogP contribution is -2.05. The van der Waals surface area contributed by atoms with Gasteiger partial charge in [-0.05, 0) is 30.3 Å². The van der Waals surface area contributed by atoms with E-state index in [-0.39, 0.29) is 5.56 Å². The molecule has 0 aliphatic carbocycles. The molecule has 0 radical (unpaired) electrons. The van der Waals surface area contributed by atoms with Crippen molar-refractivity contribution in [3.63, 3.8) is 0 Å². The fourth-order valence-electron chi connectivity index (χ4n) is 1.20. The van der Waals surface area contributed by atoms with E-state index in [0.29, 0.717) is 10.2 Å². The second kappa shape index (κ2) is 5.11. The predicted molar refractivity (Wildman–Crippen MR) is 63.9 cm³/mol. The molecule has 0 aromatic carbocycles. The molecular weight excluding hydrogens is 238 g/mol. The minimum atomic E-state index is -0.531. The van der Waals surface area contributed by atoms with Crippen LogP contribution in [0.25, 0.3) is 0 Å². The highest BCUT2D eigenvalue weighted by Gasteiger charge is 2.04. The van der Waals surface area contributed by atoms with Gasteiger partial charge in [0.25, 0.3) is 5.56 Å². The third kappa shape index (κ3) is 3.15. The Bertz CT molecular complexity index is 551. The molecule has 0 fully saturated rings. The van der Waals surface area contributed by atoms with Crippen LogP contribution in [0.2, 0.25) is 0 Å². The first kappa shape index (κ1) is 11.8. The monoisotopic (exact) mass is 249 g/mol. The van der Waals surface area contributed by atoms with Gasteiger partial charge in [-0.1, -0.05) is 6.07 Å². The fourth-order valence-corrected chi connectivity index (χ4v) is 1.91. The SMILES string of the molecule is CC(O)c1ccc(Sc2nccc(=O)[nH]2)nc1. The van der Waals surface area contributed by atoms with Crippen LogP contribution in [0.4, 0.5) is 0 Å². The van der Waals surface area contributed by atoms with Crippen molar-refractivity contribution in [2.24, 2.45) is 0 Å². The van der Waals surface area contributed by atoms with Gasteiger partial charge in [-0.25, -0.2) is 9.97 Å². The number of hydrogen-bond acceptors (Lipinski definition) is 5. The van der Waals surface area contributed by atoms with Gasteiger partial charge in [0.2, 0.25) is 0 Å². The highest BCUT2D eigenvalue weighted by Crippen LogP contribution is 2.22. The lowest BCUT2D eigenvalue weighted by molar-refractivity contribution is 0.198. The zero-order valence-corrected chi connectivity index (χ0v) is 9.94. The van der Waals surface area contributed by atoms with Gasteiger partial charge >= 0.3 is 0 Å². The predicted octanol–water partition coefficient (Wildman–Crippen LogP) is 1.37. The van der Waals surface area contributed by atoms with Crippen molar-refractivity contribution in [3.05, 3.63) is 46.5 Å². The topological polar surface area (TPSA) is 78.9 Å². The van der Waals surface area contributed by atoms with Gasteiger partial charge in [0.1, 0.15) is 5.03 Å². The van der Waals surface area contributed by atoms with E-state index in [2.05, 4.69) is 15.0 Å². The summed E-state index contributed by atoms with van der Waals surface area (Å²) >= 11 is 1.26. The summed E-state index contributed by atoms with van der Waals surface area (Å²) in [6, 6.07) is 4.93. The summed E-state index contributed by atoms with van der Waals surface area (Å²) in [6.07, 6.45) is 2.52. The summed E-state index contributed by atoms with van der Waals surface area (Å²) in [5.74, 6) is 0. The molecule has 0 aliphatic heterocycles. The van der Waals surface area contributed by atoms with E-state index in [1.54, 1.807) is 25.3 Å². The van der Waals surface area contributed by atoms with Gasteiger partial charge in [0.15, 0.2) is 5.16 Å². The van der Waals surface area contributed by atoms with E-state index in [9.17, 15) is 9.90 Å². The van der Waals surface area contributed by atoms with E-state index in [1.807, 2.05) is 0 Å². The number of nitrogens with zero attached hydrogens (tertiary/aromatic N) is 2. The van der Waals surface area contributed by atoms with Crippen molar-refractivity contribution in [1.29, 1.82) is 0 Å². The van der Waals surface area contributed by atoms with Gasteiger partial charge in [0.05, 0.1) is 6.10 Å². The second-order valence-electron chi connectivity index (χ2n) is 3.45. The van der Waals surface area contributed by atoms with Crippen LogP contribution in [-0.4, -0.2) is 20.1 Å². The van der Waals surface area contributed by atoms with Crippen molar-refractivity contribution in [3.8, 4) is 0 Å². The Labute approximate surface area is 102 Å². The molecule has 0 spiro atoms. The van der Waals surface area contributed by atoms with Crippen LogP contribution in [0.3, 0.4) is 0 Å². The average Bonchev–Trinajstić information content (AvgIpc) is 2.29. The minimum absolute atomic E-state index is 0.192. The van der Waals surface area contributed by atoms with E-state index in [4.69, 9.17) is 0 Å². The Morgan fingerprint density at radius 3 is 2.76 bits per heavy atom. The van der Waals surface area contributed by atoms with Crippen LogP contribution in [0, 0.1) is 0 Å². The van der Waals surface area contributed by atoms with Crippen molar-refractivity contribution in [1.82, 2.24) is 15.0 Å². The zero-order chi connectivity index (χ0) is 12.3. The van der Waals surface area contributed by atoms with E-state index < -0.39 is 6.10 Å². The number of rotatable bonds is 3. The maximum absolute atomic E-state index is 11.1. The molecule has 0 saturated heterocycles. The first-order valence-electron chi connectivity index (χ1n) is 5.02. The molecule has 2 aromatic heterocycles. The highest BCUT2D eigenvalue weighted by molar-refractivity contribution is 7.99.